The van der Waals surface area contributed by atoms with Crippen molar-refractivity contribution >= 4 is 11.8 Å². The second-order valence-electron chi connectivity index (χ2n) is 7.60. The van der Waals surface area contributed by atoms with Gasteiger partial charge in [-0.2, -0.15) is 0 Å². The molecule has 0 aliphatic rings. The summed E-state index contributed by atoms with van der Waals surface area (Å²) in [5, 5.41) is 12.7. The summed E-state index contributed by atoms with van der Waals surface area (Å²) < 4.78 is 0. The Morgan fingerprint density at radius 2 is 1.61 bits per heavy atom. The molecule has 5 heteroatoms. The van der Waals surface area contributed by atoms with Crippen LogP contribution >= 0.6 is 0 Å². The largest absolute Gasteiger partial charge is 0.389 e. The van der Waals surface area contributed by atoms with E-state index in [0.29, 0.717) is 12.1 Å². The van der Waals surface area contributed by atoms with Crippen LogP contribution in [0.5, 0.6) is 0 Å². The minimum atomic E-state index is -0.929. The van der Waals surface area contributed by atoms with Crippen molar-refractivity contribution < 1.29 is 14.7 Å². The number of nitrogens with zero attached hydrogens (tertiary/aromatic N) is 1. The maximum atomic E-state index is 12.3. The number of carbonyl (C=O) groups is 2. The molecule has 0 unspecified atom stereocenters. The van der Waals surface area contributed by atoms with Crippen molar-refractivity contribution in [1.82, 2.24) is 10.2 Å². The van der Waals surface area contributed by atoms with Crippen molar-refractivity contribution in [1.29, 1.82) is 0 Å². The van der Waals surface area contributed by atoms with Crippen molar-refractivity contribution in [3.8, 4) is 0 Å². The van der Waals surface area contributed by atoms with Gasteiger partial charge in [0.05, 0.1) is 5.60 Å². The predicted molar refractivity (Wildman–Crippen MR) is 91.0 cm³/mol. The molecule has 0 aromatic heterocycles. The number of hydrogen-bond donors (Lipinski definition) is 2. The van der Waals surface area contributed by atoms with Crippen molar-refractivity contribution in [3.05, 3.63) is 35.4 Å². The van der Waals surface area contributed by atoms with Gasteiger partial charge < -0.3 is 15.3 Å². The zero-order valence-corrected chi connectivity index (χ0v) is 14.9. The molecule has 2 N–H and O–H groups in total. The number of nitrogens with one attached hydrogen (secondary N) is 1. The van der Waals surface area contributed by atoms with Crippen LogP contribution in [0.25, 0.3) is 0 Å². The summed E-state index contributed by atoms with van der Waals surface area (Å²) in [5.41, 5.74) is 0.143. The highest BCUT2D eigenvalue weighted by Gasteiger charge is 2.21. The Labute approximate surface area is 138 Å². The lowest BCUT2D eigenvalue weighted by Crippen LogP contribution is -2.39. The Morgan fingerprint density at radius 1 is 1.09 bits per heavy atom. The molecule has 0 saturated heterocycles. The first-order valence-electron chi connectivity index (χ1n) is 7.75. The fraction of sp³-hybridized carbons (Fsp3) is 0.556. The molecule has 0 radical (unpaired) electrons. The van der Waals surface area contributed by atoms with Gasteiger partial charge >= 0.3 is 0 Å². The zero-order valence-electron chi connectivity index (χ0n) is 14.9. The Morgan fingerprint density at radius 3 is 2.04 bits per heavy atom. The number of amides is 2. The Hall–Kier alpha value is -1.88. The number of benzene rings is 1. The van der Waals surface area contributed by atoms with Crippen molar-refractivity contribution in [3.63, 3.8) is 0 Å². The molecule has 0 aliphatic heterocycles. The standard InChI is InChI=1S/C18H28N2O3/c1-17(2,3)16(22)19-11-13-7-9-14(10-8-13)15(21)20(6)12-18(4,5)23/h7-10,23H,11-12H2,1-6H3,(H,19,22). The molecule has 128 valence electrons. The normalized spacial score (nSPS) is 12.0. The van der Waals surface area contributed by atoms with Gasteiger partial charge in [-0.25, -0.2) is 0 Å². The number of carbonyl (C=O) groups excluding carboxylic acids is 2. The molecule has 0 fully saturated rings. The van der Waals surface area contributed by atoms with Gasteiger partial charge in [0.15, 0.2) is 0 Å². The summed E-state index contributed by atoms with van der Waals surface area (Å²) >= 11 is 0. The minimum absolute atomic E-state index is 0.0115. The van der Waals surface area contributed by atoms with Crippen LogP contribution in [0, 0.1) is 5.41 Å². The van der Waals surface area contributed by atoms with Crippen LogP contribution in [-0.4, -0.2) is 41.0 Å². The first kappa shape index (κ1) is 19.2. The van der Waals surface area contributed by atoms with Gasteiger partial charge in [-0.1, -0.05) is 32.9 Å². The fourth-order valence-corrected chi connectivity index (χ4v) is 2.09. The van der Waals surface area contributed by atoms with E-state index >= 15 is 0 Å². The summed E-state index contributed by atoms with van der Waals surface area (Å²) in [4.78, 5) is 25.6. The lowest BCUT2D eigenvalue weighted by atomic mass is 9.95. The number of likely N-dealkylation sites (N-methyl/N-ethyl adjacent to an activating group) is 1. The molecule has 2 amide bonds. The van der Waals surface area contributed by atoms with Crippen molar-refractivity contribution in [2.45, 2.75) is 46.8 Å². The van der Waals surface area contributed by atoms with E-state index in [1.165, 1.54) is 4.90 Å². The average molecular weight is 320 g/mol. The summed E-state index contributed by atoms with van der Waals surface area (Å²) in [6.07, 6.45) is 0. The molecule has 5 nitrogen and oxygen atoms in total. The van der Waals surface area contributed by atoms with Gasteiger partial charge in [0, 0.05) is 31.1 Å². The highest BCUT2D eigenvalue weighted by atomic mass is 16.3. The third-order valence-corrected chi connectivity index (χ3v) is 3.31. The molecule has 1 rings (SSSR count). The van der Waals surface area contributed by atoms with E-state index in [-0.39, 0.29) is 18.4 Å². The monoisotopic (exact) mass is 320 g/mol. The van der Waals surface area contributed by atoms with Gasteiger partial charge in [0.25, 0.3) is 5.91 Å². The van der Waals surface area contributed by atoms with Gasteiger partial charge in [-0.3, -0.25) is 9.59 Å². The van der Waals surface area contributed by atoms with E-state index < -0.39 is 11.0 Å². The average Bonchev–Trinajstić information content (AvgIpc) is 2.41. The van der Waals surface area contributed by atoms with Crippen LogP contribution < -0.4 is 5.32 Å². The van der Waals surface area contributed by atoms with Gasteiger partial charge in [-0.05, 0) is 31.5 Å². The lowest BCUT2D eigenvalue weighted by Gasteiger charge is -2.25. The molecular formula is C18H28N2O3. The number of hydrogen-bond acceptors (Lipinski definition) is 3. The van der Waals surface area contributed by atoms with Crippen LogP contribution in [0.2, 0.25) is 0 Å². The van der Waals surface area contributed by atoms with E-state index in [9.17, 15) is 14.7 Å². The molecule has 0 atom stereocenters. The molecule has 0 saturated carbocycles. The summed E-state index contributed by atoms with van der Waals surface area (Å²) in [6, 6.07) is 7.13. The number of rotatable bonds is 5. The molecule has 1 aromatic carbocycles. The Kier molecular flexibility index (Phi) is 5.94. The molecule has 23 heavy (non-hydrogen) atoms. The fourth-order valence-electron chi connectivity index (χ4n) is 2.09. The zero-order chi connectivity index (χ0) is 17.8. The second kappa shape index (κ2) is 7.13. The molecule has 0 spiro atoms. The van der Waals surface area contributed by atoms with Crippen molar-refractivity contribution in [2.24, 2.45) is 5.41 Å². The SMILES string of the molecule is CN(CC(C)(C)O)C(=O)c1ccc(CNC(=O)C(C)(C)C)cc1. The predicted octanol–water partition coefficient (Wildman–Crippen LogP) is 2.19. The van der Waals surface area contributed by atoms with E-state index in [4.69, 9.17) is 0 Å². The molecule has 1 aromatic rings. The summed E-state index contributed by atoms with van der Waals surface area (Å²) in [5.74, 6) is -0.153. The first-order chi connectivity index (χ1) is 10.4. The second-order valence-corrected chi connectivity index (χ2v) is 7.60. The van der Waals surface area contributed by atoms with Crippen LogP contribution in [0.4, 0.5) is 0 Å². The van der Waals surface area contributed by atoms with E-state index in [1.54, 1.807) is 33.0 Å². The minimum Gasteiger partial charge on any atom is -0.389 e. The van der Waals surface area contributed by atoms with E-state index in [2.05, 4.69) is 5.32 Å². The van der Waals surface area contributed by atoms with E-state index in [0.717, 1.165) is 5.56 Å². The third-order valence-electron chi connectivity index (χ3n) is 3.31. The maximum Gasteiger partial charge on any atom is 0.253 e. The van der Waals surface area contributed by atoms with E-state index in [1.807, 2.05) is 32.9 Å². The summed E-state index contributed by atoms with van der Waals surface area (Å²) in [7, 11) is 1.66. The Balaban J connectivity index is 2.66. The first-order valence-corrected chi connectivity index (χ1v) is 7.75. The van der Waals surface area contributed by atoms with Crippen LogP contribution in [-0.2, 0) is 11.3 Å². The van der Waals surface area contributed by atoms with Gasteiger partial charge in [0.1, 0.15) is 0 Å². The van der Waals surface area contributed by atoms with Gasteiger partial charge in [-0.15, -0.1) is 0 Å². The topological polar surface area (TPSA) is 69.6 Å². The molecule has 0 aliphatic carbocycles. The maximum absolute atomic E-state index is 12.3. The lowest BCUT2D eigenvalue weighted by molar-refractivity contribution is -0.128. The van der Waals surface area contributed by atoms with Crippen LogP contribution in [0.3, 0.4) is 0 Å². The highest BCUT2D eigenvalue weighted by Crippen LogP contribution is 2.14. The van der Waals surface area contributed by atoms with Crippen LogP contribution in [0.15, 0.2) is 24.3 Å². The molecular weight excluding hydrogens is 292 g/mol. The highest BCUT2D eigenvalue weighted by molar-refractivity contribution is 5.94. The summed E-state index contributed by atoms with van der Waals surface area (Å²) in [6.45, 7) is 9.61. The quantitative estimate of drug-likeness (QED) is 0.874. The Bertz CT molecular complexity index is 551. The van der Waals surface area contributed by atoms with Crippen LogP contribution in [0.1, 0.15) is 50.5 Å². The third kappa shape index (κ3) is 6.40. The van der Waals surface area contributed by atoms with Gasteiger partial charge in [0.2, 0.25) is 5.91 Å². The smallest absolute Gasteiger partial charge is 0.253 e. The number of aliphatic hydroxyl groups is 1. The van der Waals surface area contributed by atoms with Crippen molar-refractivity contribution in [2.75, 3.05) is 13.6 Å². The molecule has 0 heterocycles. The molecule has 0 bridgehead atoms.